The molecule has 8 heteroatoms. The molecule has 2 aliphatic heterocycles. The molecule has 0 aliphatic carbocycles. The molecule has 0 radical (unpaired) electrons. The molecule has 1 aromatic heterocycles. The number of rotatable bonds is 4. The van der Waals surface area contributed by atoms with Gasteiger partial charge in [0.25, 0.3) is 0 Å². The minimum atomic E-state index is -3.26. The van der Waals surface area contributed by atoms with Gasteiger partial charge in [0.15, 0.2) is 5.82 Å². The van der Waals surface area contributed by atoms with Crippen molar-refractivity contribution in [2.45, 2.75) is 51.2 Å². The topological polar surface area (TPSA) is 85.5 Å². The van der Waals surface area contributed by atoms with E-state index < -0.39 is 10.0 Å². The number of aryl methyl sites for hydroxylation is 1. The first-order valence-electron chi connectivity index (χ1n) is 7.42. The van der Waals surface area contributed by atoms with E-state index in [1.807, 2.05) is 6.92 Å². The molecule has 0 spiro atoms. The molecule has 2 aliphatic rings. The van der Waals surface area contributed by atoms with Crippen LogP contribution in [0.2, 0.25) is 0 Å². The maximum atomic E-state index is 12.5. The number of nitrogens with zero attached hydrogens (tertiary/aromatic N) is 3. The highest BCUT2D eigenvalue weighted by molar-refractivity contribution is 7.89. The van der Waals surface area contributed by atoms with Crippen LogP contribution in [0.4, 0.5) is 0 Å². The average molecular weight is 315 g/mol. The largest absolute Gasteiger partial charge is 0.376 e. The van der Waals surface area contributed by atoms with Gasteiger partial charge < -0.3 is 9.26 Å². The van der Waals surface area contributed by atoms with Crippen LogP contribution in [0.15, 0.2) is 4.52 Å². The maximum absolute atomic E-state index is 12.5. The zero-order valence-corrected chi connectivity index (χ0v) is 13.2. The van der Waals surface area contributed by atoms with Gasteiger partial charge in [-0.2, -0.15) is 9.29 Å². The number of piperidine rings is 1. The smallest absolute Gasteiger partial charge is 0.231 e. The van der Waals surface area contributed by atoms with E-state index in [4.69, 9.17) is 9.26 Å². The van der Waals surface area contributed by atoms with Gasteiger partial charge in [-0.05, 0) is 26.2 Å². The van der Waals surface area contributed by atoms with E-state index in [1.54, 1.807) is 11.2 Å². The molecule has 0 amide bonds. The van der Waals surface area contributed by atoms with E-state index in [0.717, 1.165) is 12.8 Å². The predicted molar refractivity (Wildman–Crippen MR) is 75.3 cm³/mol. The van der Waals surface area contributed by atoms with Crippen LogP contribution >= 0.6 is 0 Å². The lowest BCUT2D eigenvalue weighted by Crippen LogP contribution is -2.51. The van der Waals surface area contributed by atoms with Crippen molar-refractivity contribution in [2.24, 2.45) is 0 Å². The lowest BCUT2D eigenvalue weighted by atomic mass is 9.92. The second-order valence-corrected chi connectivity index (χ2v) is 7.80. The van der Waals surface area contributed by atoms with Gasteiger partial charge in [-0.1, -0.05) is 12.1 Å². The van der Waals surface area contributed by atoms with Gasteiger partial charge in [-0.25, -0.2) is 8.42 Å². The molecule has 7 nitrogen and oxygen atoms in total. The fourth-order valence-corrected chi connectivity index (χ4v) is 5.06. The van der Waals surface area contributed by atoms with E-state index >= 15 is 0 Å². The fourth-order valence-electron chi connectivity index (χ4n) is 3.25. The number of hydrogen-bond acceptors (Lipinski definition) is 6. The highest BCUT2D eigenvalue weighted by Gasteiger charge is 2.46. The van der Waals surface area contributed by atoms with Crippen molar-refractivity contribution >= 4 is 10.0 Å². The molecule has 3 rings (SSSR count). The standard InChI is InChI=1S/C13H21N3O4S/c1-3-6-21(17,18)16-8-10(13-14-9(2)15-20-13)7-12-11(16)4-5-19-12/h10-12H,3-8H2,1-2H3/t10-,11+,12+/m0/s1. The number of aromatic nitrogens is 2. The molecule has 0 bridgehead atoms. The van der Waals surface area contributed by atoms with Gasteiger partial charge in [-0.15, -0.1) is 0 Å². The van der Waals surface area contributed by atoms with Crippen molar-refractivity contribution in [3.8, 4) is 0 Å². The maximum Gasteiger partial charge on any atom is 0.231 e. The van der Waals surface area contributed by atoms with Crippen molar-refractivity contribution in [1.82, 2.24) is 14.4 Å². The zero-order valence-electron chi connectivity index (χ0n) is 12.4. The van der Waals surface area contributed by atoms with E-state index in [1.165, 1.54) is 0 Å². The summed E-state index contributed by atoms with van der Waals surface area (Å²) in [6, 6.07) is -0.0400. The highest BCUT2D eigenvalue weighted by Crippen LogP contribution is 2.37. The molecule has 0 N–H and O–H groups in total. The van der Waals surface area contributed by atoms with Gasteiger partial charge in [0, 0.05) is 13.2 Å². The molecule has 0 saturated carbocycles. The van der Waals surface area contributed by atoms with Crippen LogP contribution in [-0.4, -0.2) is 53.9 Å². The molecule has 118 valence electrons. The van der Waals surface area contributed by atoms with Crippen molar-refractivity contribution in [3.05, 3.63) is 11.7 Å². The van der Waals surface area contributed by atoms with Crippen molar-refractivity contribution in [3.63, 3.8) is 0 Å². The zero-order chi connectivity index (χ0) is 15.0. The number of sulfonamides is 1. The van der Waals surface area contributed by atoms with Crippen LogP contribution in [-0.2, 0) is 14.8 Å². The Labute approximate surface area is 124 Å². The van der Waals surface area contributed by atoms with Crippen LogP contribution in [0, 0.1) is 6.92 Å². The van der Waals surface area contributed by atoms with Crippen molar-refractivity contribution in [1.29, 1.82) is 0 Å². The minimum Gasteiger partial charge on any atom is -0.376 e. The quantitative estimate of drug-likeness (QED) is 0.826. The van der Waals surface area contributed by atoms with Gasteiger partial charge in [-0.3, -0.25) is 0 Å². The average Bonchev–Trinajstić information content (AvgIpc) is 3.05. The Balaban J connectivity index is 1.87. The highest BCUT2D eigenvalue weighted by atomic mass is 32.2. The lowest BCUT2D eigenvalue weighted by Gasteiger charge is -2.38. The van der Waals surface area contributed by atoms with E-state index in [9.17, 15) is 8.42 Å². The summed E-state index contributed by atoms with van der Waals surface area (Å²) in [6.07, 6.45) is 2.05. The molecule has 21 heavy (non-hydrogen) atoms. The summed E-state index contributed by atoms with van der Waals surface area (Å²) < 4.78 is 37.6. The Morgan fingerprint density at radius 1 is 1.43 bits per heavy atom. The molecule has 3 heterocycles. The second-order valence-electron chi connectivity index (χ2n) is 5.76. The summed E-state index contributed by atoms with van der Waals surface area (Å²) in [4.78, 5) is 4.26. The lowest BCUT2D eigenvalue weighted by molar-refractivity contribution is 0.0418. The fraction of sp³-hybridized carbons (Fsp3) is 0.846. The molecular formula is C13H21N3O4S. The molecule has 0 unspecified atom stereocenters. The van der Waals surface area contributed by atoms with Crippen LogP contribution < -0.4 is 0 Å². The first kappa shape index (κ1) is 14.9. The normalized spacial score (nSPS) is 30.5. The van der Waals surface area contributed by atoms with Gasteiger partial charge in [0.2, 0.25) is 15.9 Å². The van der Waals surface area contributed by atoms with Crippen molar-refractivity contribution in [2.75, 3.05) is 18.9 Å². The Bertz CT molecular complexity index is 600. The summed E-state index contributed by atoms with van der Waals surface area (Å²) in [5, 5.41) is 3.81. The van der Waals surface area contributed by atoms with E-state index in [2.05, 4.69) is 10.1 Å². The van der Waals surface area contributed by atoms with Crippen LogP contribution in [0.3, 0.4) is 0 Å². The van der Waals surface area contributed by atoms with Crippen LogP contribution in [0.25, 0.3) is 0 Å². The third-order valence-electron chi connectivity index (χ3n) is 4.17. The third kappa shape index (κ3) is 2.84. The van der Waals surface area contributed by atoms with E-state index in [-0.39, 0.29) is 23.8 Å². The number of hydrogen-bond donors (Lipinski definition) is 0. The van der Waals surface area contributed by atoms with Gasteiger partial charge in [0.05, 0.1) is 23.8 Å². The molecule has 2 fully saturated rings. The molecule has 2 saturated heterocycles. The Kier molecular flexibility index (Phi) is 4.02. The van der Waals surface area contributed by atoms with Crippen LogP contribution in [0.5, 0.6) is 0 Å². The van der Waals surface area contributed by atoms with Crippen molar-refractivity contribution < 1.29 is 17.7 Å². The first-order chi connectivity index (χ1) is 10.0. The predicted octanol–water partition coefficient (Wildman–Crippen LogP) is 1.06. The molecule has 0 aromatic carbocycles. The summed E-state index contributed by atoms with van der Waals surface area (Å²) in [7, 11) is -3.26. The summed E-state index contributed by atoms with van der Waals surface area (Å²) in [5.74, 6) is 1.17. The van der Waals surface area contributed by atoms with Gasteiger partial charge >= 0.3 is 0 Å². The monoisotopic (exact) mass is 315 g/mol. The second kappa shape index (κ2) is 5.66. The summed E-state index contributed by atoms with van der Waals surface area (Å²) >= 11 is 0. The number of ether oxygens (including phenoxy) is 1. The third-order valence-corrected chi connectivity index (χ3v) is 6.23. The summed E-state index contributed by atoms with van der Waals surface area (Å²) in [6.45, 7) is 4.66. The Hall–Kier alpha value is -0.990. The minimum absolute atomic E-state index is 0.0400. The van der Waals surface area contributed by atoms with Gasteiger partial charge in [0.1, 0.15) is 0 Å². The molecular weight excluding hydrogens is 294 g/mol. The molecule has 1 aromatic rings. The SMILES string of the molecule is CCCS(=O)(=O)N1C[C@@H](c2nc(C)no2)C[C@H]2OCC[C@H]21. The number of fused-ring (bicyclic) bond motifs is 1. The summed E-state index contributed by atoms with van der Waals surface area (Å²) in [5.41, 5.74) is 0. The molecule has 3 atom stereocenters. The Morgan fingerprint density at radius 3 is 2.90 bits per heavy atom. The Morgan fingerprint density at radius 2 is 2.24 bits per heavy atom. The first-order valence-corrected chi connectivity index (χ1v) is 9.03. The van der Waals surface area contributed by atoms with Crippen LogP contribution in [0.1, 0.15) is 43.8 Å². The van der Waals surface area contributed by atoms with E-state index in [0.29, 0.717) is 31.3 Å².